The van der Waals surface area contributed by atoms with E-state index in [1.54, 1.807) is 60.8 Å². The fourth-order valence-electron chi connectivity index (χ4n) is 2.75. The van der Waals surface area contributed by atoms with E-state index in [9.17, 15) is 13.2 Å². The molecule has 3 rings (SSSR count). The summed E-state index contributed by atoms with van der Waals surface area (Å²) in [5.41, 5.74) is 2.33. The average molecular weight is 395 g/mol. The molecular weight excluding hydrogens is 374 g/mol. The molecule has 0 spiro atoms. The third-order valence-corrected chi connectivity index (χ3v) is 6.15. The van der Waals surface area contributed by atoms with Crippen molar-refractivity contribution in [3.63, 3.8) is 0 Å². The molecular formula is C21H21N3O3S. The highest BCUT2D eigenvalue weighted by Crippen LogP contribution is 2.26. The molecule has 1 heterocycles. The van der Waals surface area contributed by atoms with Gasteiger partial charge in [-0.15, -0.1) is 0 Å². The first kappa shape index (κ1) is 19.6. The normalized spacial score (nSPS) is 11.1. The lowest BCUT2D eigenvalue weighted by atomic mass is 10.1. The zero-order valence-electron chi connectivity index (χ0n) is 15.7. The molecule has 0 bridgehead atoms. The van der Waals surface area contributed by atoms with Crippen molar-refractivity contribution in [3.8, 4) is 0 Å². The van der Waals surface area contributed by atoms with Crippen molar-refractivity contribution in [1.82, 2.24) is 10.3 Å². The second kappa shape index (κ2) is 8.22. The SMILES string of the molecule is Cc1ccc(C(=O)NCc2ccccn2)cc1N(C)S(=O)(=O)c1ccccc1. The number of carbonyl (C=O) groups excluding carboxylic acids is 1. The highest BCUT2D eigenvalue weighted by molar-refractivity contribution is 7.92. The molecule has 0 aliphatic carbocycles. The first-order chi connectivity index (χ1) is 13.4. The Bertz CT molecular complexity index is 1070. The molecule has 0 fully saturated rings. The minimum absolute atomic E-state index is 0.196. The average Bonchev–Trinajstić information content (AvgIpc) is 2.73. The fourth-order valence-corrected chi connectivity index (χ4v) is 4.02. The van der Waals surface area contributed by atoms with Crippen LogP contribution in [0.2, 0.25) is 0 Å². The van der Waals surface area contributed by atoms with Crippen LogP contribution in [0.3, 0.4) is 0 Å². The molecule has 1 aromatic heterocycles. The van der Waals surface area contributed by atoms with Crippen LogP contribution in [0.1, 0.15) is 21.6 Å². The zero-order valence-corrected chi connectivity index (χ0v) is 16.5. The van der Waals surface area contributed by atoms with Crippen molar-refractivity contribution in [1.29, 1.82) is 0 Å². The topological polar surface area (TPSA) is 79.4 Å². The first-order valence-electron chi connectivity index (χ1n) is 8.72. The van der Waals surface area contributed by atoms with Crippen LogP contribution in [0.5, 0.6) is 0 Å². The number of pyridine rings is 1. The standard InChI is InChI=1S/C21H21N3O3S/c1-16-11-12-17(21(25)23-15-18-8-6-7-13-22-18)14-20(16)24(2)28(26,27)19-9-4-3-5-10-19/h3-14H,15H2,1-2H3,(H,23,25). The Hall–Kier alpha value is -3.19. The number of anilines is 1. The maximum absolute atomic E-state index is 12.9. The van der Waals surface area contributed by atoms with Gasteiger partial charge in [-0.3, -0.25) is 14.1 Å². The summed E-state index contributed by atoms with van der Waals surface area (Å²) in [5, 5.41) is 2.80. The predicted molar refractivity (Wildman–Crippen MR) is 109 cm³/mol. The molecule has 7 heteroatoms. The summed E-state index contributed by atoms with van der Waals surface area (Å²) in [6, 6.07) is 18.7. The van der Waals surface area contributed by atoms with E-state index in [4.69, 9.17) is 0 Å². The van der Waals surface area contributed by atoms with Crippen molar-refractivity contribution in [2.24, 2.45) is 0 Å². The maximum Gasteiger partial charge on any atom is 0.264 e. The summed E-state index contributed by atoms with van der Waals surface area (Å²) in [6.45, 7) is 2.10. The molecule has 0 unspecified atom stereocenters. The molecule has 0 saturated carbocycles. The third-order valence-electron chi connectivity index (χ3n) is 4.37. The van der Waals surface area contributed by atoms with Crippen molar-refractivity contribution in [2.75, 3.05) is 11.4 Å². The maximum atomic E-state index is 12.9. The molecule has 144 valence electrons. The summed E-state index contributed by atoms with van der Waals surface area (Å²) in [6.07, 6.45) is 1.66. The summed E-state index contributed by atoms with van der Waals surface area (Å²) >= 11 is 0. The van der Waals surface area contributed by atoms with E-state index in [0.29, 0.717) is 17.8 Å². The number of hydrogen-bond acceptors (Lipinski definition) is 4. The fraction of sp³-hybridized carbons (Fsp3) is 0.143. The van der Waals surface area contributed by atoms with Gasteiger partial charge in [-0.25, -0.2) is 8.42 Å². The summed E-state index contributed by atoms with van der Waals surface area (Å²) in [7, 11) is -2.23. The van der Waals surface area contributed by atoms with E-state index in [-0.39, 0.29) is 10.8 Å². The smallest absolute Gasteiger partial charge is 0.264 e. The summed E-state index contributed by atoms with van der Waals surface area (Å²) < 4.78 is 27.0. The van der Waals surface area contributed by atoms with Crippen LogP contribution < -0.4 is 9.62 Å². The Morgan fingerprint density at radius 3 is 2.43 bits per heavy atom. The number of aromatic nitrogens is 1. The van der Waals surface area contributed by atoms with Crippen molar-refractivity contribution in [3.05, 3.63) is 89.7 Å². The van der Waals surface area contributed by atoms with E-state index in [2.05, 4.69) is 10.3 Å². The minimum atomic E-state index is -3.72. The highest BCUT2D eigenvalue weighted by Gasteiger charge is 2.23. The number of amides is 1. The van der Waals surface area contributed by atoms with E-state index in [1.807, 2.05) is 19.1 Å². The molecule has 28 heavy (non-hydrogen) atoms. The van der Waals surface area contributed by atoms with Gasteiger partial charge in [0, 0.05) is 18.8 Å². The highest BCUT2D eigenvalue weighted by atomic mass is 32.2. The van der Waals surface area contributed by atoms with Crippen LogP contribution in [0.15, 0.2) is 77.8 Å². The number of carbonyl (C=O) groups is 1. The van der Waals surface area contributed by atoms with Crippen LogP contribution in [0.25, 0.3) is 0 Å². The van der Waals surface area contributed by atoms with Gasteiger partial charge in [0.05, 0.1) is 22.8 Å². The lowest BCUT2D eigenvalue weighted by molar-refractivity contribution is 0.0950. The van der Waals surface area contributed by atoms with Gasteiger partial charge in [0.25, 0.3) is 15.9 Å². The second-order valence-corrected chi connectivity index (χ2v) is 8.26. The Morgan fingerprint density at radius 1 is 1.04 bits per heavy atom. The number of nitrogens with one attached hydrogen (secondary N) is 1. The first-order valence-corrected chi connectivity index (χ1v) is 10.2. The van der Waals surface area contributed by atoms with Gasteiger partial charge < -0.3 is 5.32 Å². The third kappa shape index (κ3) is 4.20. The number of sulfonamides is 1. The molecule has 1 amide bonds. The molecule has 0 atom stereocenters. The lowest BCUT2D eigenvalue weighted by Gasteiger charge is -2.22. The Balaban J connectivity index is 1.84. The largest absolute Gasteiger partial charge is 0.346 e. The number of rotatable bonds is 6. The Morgan fingerprint density at radius 2 is 1.75 bits per heavy atom. The van der Waals surface area contributed by atoms with Gasteiger partial charge >= 0.3 is 0 Å². The zero-order chi connectivity index (χ0) is 20.1. The van der Waals surface area contributed by atoms with Crippen LogP contribution >= 0.6 is 0 Å². The van der Waals surface area contributed by atoms with Gasteiger partial charge in [-0.2, -0.15) is 0 Å². The van der Waals surface area contributed by atoms with E-state index < -0.39 is 10.0 Å². The van der Waals surface area contributed by atoms with Gasteiger partial charge in [-0.05, 0) is 48.9 Å². The molecule has 2 aromatic carbocycles. The Kier molecular flexibility index (Phi) is 5.75. The predicted octanol–water partition coefficient (Wildman–Crippen LogP) is 3.15. The summed E-state index contributed by atoms with van der Waals surface area (Å²) in [4.78, 5) is 16.9. The van der Waals surface area contributed by atoms with Crippen molar-refractivity contribution in [2.45, 2.75) is 18.4 Å². The lowest BCUT2D eigenvalue weighted by Crippen LogP contribution is -2.28. The van der Waals surface area contributed by atoms with Crippen LogP contribution in [-0.4, -0.2) is 26.4 Å². The van der Waals surface area contributed by atoms with Gasteiger partial charge in [-0.1, -0.05) is 30.3 Å². The van der Waals surface area contributed by atoms with E-state index >= 15 is 0 Å². The number of aryl methyl sites for hydroxylation is 1. The quantitative estimate of drug-likeness (QED) is 0.695. The molecule has 0 aliphatic heterocycles. The van der Waals surface area contributed by atoms with Crippen LogP contribution in [0, 0.1) is 6.92 Å². The molecule has 3 aromatic rings. The molecule has 1 N–H and O–H groups in total. The molecule has 0 aliphatic rings. The Labute approximate surface area is 164 Å². The minimum Gasteiger partial charge on any atom is -0.346 e. The molecule has 0 radical (unpaired) electrons. The van der Waals surface area contributed by atoms with Crippen molar-refractivity contribution < 1.29 is 13.2 Å². The second-order valence-electron chi connectivity index (χ2n) is 6.29. The number of nitrogens with zero attached hydrogens (tertiary/aromatic N) is 2. The molecule has 6 nitrogen and oxygen atoms in total. The monoisotopic (exact) mass is 395 g/mol. The molecule has 0 saturated heterocycles. The van der Waals surface area contributed by atoms with E-state index in [1.165, 1.54) is 11.4 Å². The summed E-state index contributed by atoms with van der Waals surface area (Å²) in [5.74, 6) is -0.294. The van der Waals surface area contributed by atoms with E-state index in [0.717, 1.165) is 11.3 Å². The van der Waals surface area contributed by atoms with Gasteiger partial charge in [0.1, 0.15) is 0 Å². The van der Waals surface area contributed by atoms with Gasteiger partial charge in [0.15, 0.2) is 0 Å². The van der Waals surface area contributed by atoms with Crippen LogP contribution in [0.4, 0.5) is 5.69 Å². The number of hydrogen-bond donors (Lipinski definition) is 1. The number of benzene rings is 2. The van der Waals surface area contributed by atoms with Gasteiger partial charge in [0.2, 0.25) is 0 Å². The van der Waals surface area contributed by atoms with Crippen LogP contribution in [-0.2, 0) is 16.6 Å². The van der Waals surface area contributed by atoms with Crippen molar-refractivity contribution >= 4 is 21.6 Å².